The highest BCUT2D eigenvalue weighted by atomic mass is 16.3. The number of piperidine rings is 1. The molecule has 0 aromatic heterocycles. The van der Waals surface area contributed by atoms with E-state index in [0.717, 1.165) is 19.6 Å². The molecule has 1 aromatic rings. The maximum absolute atomic E-state index is 12.8. The van der Waals surface area contributed by atoms with Crippen molar-refractivity contribution in [2.45, 2.75) is 39.7 Å². The van der Waals surface area contributed by atoms with Gasteiger partial charge < -0.3 is 15.3 Å². The first-order chi connectivity index (χ1) is 10.0. The highest BCUT2D eigenvalue weighted by Crippen LogP contribution is 2.23. The quantitative estimate of drug-likeness (QED) is 0.896. The van der Waals surface area contributed by atoms with E-state index in [0.29, 0.717) is 17.0 Å². The van der Waals surface area contributed by atoms with Gasteiger partial charge in [0.05, 0.1) is 0 Å². The first-order valence-electron chi connectivity index (χ1n) is 7.81. The second-order valence-electron chi connectivity index (χ2n) is 6.21. The molecule has 1 amide bonds. The smallest absolute Gasteiger partial charge is 0.254 e. The van der Waals surface area contributed by atoms with Crippen molar-refractivity contribution < 1.29 is 9.90 Å². The molecule has 4 heteroatoms. The van der Waals surface area contributed by atoms with E-state index in [1.54, 1.807) is 25.1 Å². The summed E-state index contributed by atoms with van der Waals surface area (Å²) in [5, 5.41) is 13.2. The van der Waals surface area contributed by atoms with Crippen LogP contribution in [0.25, 0.3) is 0 Å². The number of nitrogens with zero attached hydrogens (tertiary/aromatic N) is 1. The van der Waals surface area contributed by atoms with Crippen LogP contribution in [0.4, 0.5) is 0 Å². The first kappa shape index (κ1) is 15.8. The second kappa shape index (κ2) is 6.94. The predicted molar refractivity (Wildman–Crippen MR) is 84.6 cm³/mol. The third-order valence-electron chi connectivity index (χ3n) is 4.27. The summed E-state index contributed by atoms with van der Waals surface area (Å²) < 4.78 is 0. The minimum absolute atomic E-state index is 0.0176. The molecule has 1 aliphatic heterocycles. The minimum atomic E-state index is 0.0176. The van der Waals surface area contributed by atoms with Crippen LogP contribution in [0, 0.1) is 12.8 Å². The molecule has 1 unspecified atom stereocenters. The van der Waals surface area contributed by atoms with Crippen molar-refractivity contribution in [1.82, 2.24) is 10.2 Å². The van der Waals surface area contributed by atoms with E-state index in [4.69, 9.17) is 0 Å². The molecule has 116 valence electrons. The molecule has 0 saturated carbocycles. The number of phenolic OH excluding ortho intramolecular Hbond substituents is 1. The van der Waals surface area contributed by atoms with Gasteiger partial charge in [-0.2, -0.15) is 0 Å². The number of aromatic hydroxyl groups is 1. The topological polar surface area (TPSA) is 52.6 Å². The summed E-state index contributed by atoms with van der Waals surface area (Å²) in [5.41, 5.74) is 1.27. The molecule has 1 fully saturated rings. The fourth-order valence-corrected chi connectivity index (χ4v) is 2.90. The van der Waals surface area contributed by atoms with E-state index in [2.05, 4.69) is 5.32 Å². The van der Waals surface area contributed by atoms with Gasteiger partial charge in [0.25, 0.3) is 5.91 Å². The number of hydrogen-bond acceptors (Lipinski definition) is 3. The van der Waals surface area contributed by atoms with Crippen LogP contribution < -0.4 is 5.32 Å². The number of hydrogen-bond donors (Lipinski definition) is 2. The molecule has 1 heterocycles. The fourth-order valence-electron chi connectivity index (χ4n) is 2.90. The summed E-state index contributed by atoms with van der Waals surface area (Å²) in [4.78, 5) is 14.8. The van der Waals surface area contributed by atoms with E-state index < -0.39 is 0 Å². The average molecular weight is 290 g/mol. The van der Waals surface area contributed by atoms with Gasteiger partial charge in [0.15, 0.2) is 0 Å². The number of carbonyl (C=O) groups is 1. The molecule has 0 spiro atoms. The van der Waals surface area contributed by atoms with Crippen LogP contribution in [-0.2, 0) is 0 Å². The lowest BCUT2D eigenvalue weighted by Crippen LogP contribution is -2.44. The van der Waals surface area contributed by atoms with Gasteiger partial charge in [0.1, 0.15) is 5.75 Å². The van der Waals surface area contributed by atoms with Crippen LogP contribution >= 0.6 is 0 Å². The Kier molecular flexibility index (Phi) is 5.23. The van der Waals surface area contributed by atoms with Crippen LogP contribution in [0.15, 0.2) is 18.2 Å². The van der Waals surface area contributed by atoms with Gasteiger partial charge in [-0.25, -0.2) is 0 Å². The molecule has 0 bridgehead atoms. The Balaban J connectivity index is 2.17. The molecule has 0 aliphatic carbocycles. The lowest BCUT2D eigenvalue weighted by molar-refractivity contribution is 0.0659. The summed E-state index contributed by atoms with van der Waals surface area (Å²) in [6, 6.07) is 5.31. The Bertz CT molecular complexity index is 494. The van der Waals surface area contributed by atoms with Gasteiger partial charge in [0, 0.05) is 23.7 Å². The molecule has 2 rings (SSSR count). The summed E-state index contributed by atoms with van der Waals surface area (Å²) in [6.07, 6.45) is 2.35. The average Bonchev–Trinajstić information content (AvgIpc) is 2.48. The van der Waals surface area contributed by atoms with Gasteiger partial charge in [-0.15, -0.1) is 0 Å². The Morgan fingerprint density at radius 2 is 2.24 bits per heavy atom. The number of carbonyl (C=O) groups excluding carboxylic acids is 1. The van der Waals surface area contributed by atoms with Gasteiger partial charge in [0.2, 0.25) is 0 Å². The number of phenols is 1. The van der Waals surface area contributed by atoms with Crippen molar-refractivity contribution in [2.24, 2.45) is 5.92 Å². The van der Waals surface area contributed by atoms with Crippen molar-refractivity contribution in [2.75, 3.05) is 19.6 Å². The maximum atomic E-state index is 12.8. The number of nitrogens with one attached hydrogen (secondary N) is 1. The van der Waals surface area contributed by atoms with Crippen molar-refractivity contribution >= 4 is 5.91 Å². The second-order valence-corrected chi connectivity index (χ2v) is 6.21. The first-order valence-corrected chi connectivity index (χ1v) is 7.81. The molecule has 0 radical (unpaired) electrons. The molecular formula is C17H26N2O2. The highest BCUT2D eigenvalue weighted by Gasteiger charge is 2.25. The standard InChI is InChI=1S/C17H26N2O2/c1-12(2)19(11-14-6-5-9-18-10-14)17(21)15-7-4-8-16(20)13(15)3/h4,7-8,12,14,18,20H,5-6,9-11H2,1-3H3. The third kappa shape index (κ3) is 3.76. The fraction of sp³-hybridized carbons (Fsp3) is 0.588. The van der Waals surface area contributed by atoms with Gasteiger partial charge >= 0.3 is 0 Å². The predicted octanol–water partition coefficient (Wildman–Crippen LogP) is 2.55. The summed E-state index contributed by atoms with van der Waals surface area (Å²) in [5.74, 6) is 0.718. The molecule has 21 heavy (non-hydrogen) atoms. The van der Waals surface area contributed by atoms with E-state index in [9.17, 15) is 9.90 Å². The van der Waals surface area contributed by atoms with Crippen molar-refractivity contribution in [3.8, 4) is 5.75 Å². The van der Waals surface area contributed by atoms with Crippen LogP contribution in [-0.4, -0.2) is 41.6 Å². The Labute approximate surface area is 127 Å². The third-order valence-corrected chi connectivity index (χ3v) is 4.27. The van der Waals surface area contributed by atoms with Gasteiger partial charge in [-0.3, -0.25) is 4.79 Å². The lowest BCUT2D eigenvalue weighted by Gasteiger charge is -2.33. The van der Waals surface area contributed by atoms with Crippen LogP contribution in [0.1, 0.15) is 42.6 Å². The number of amides is 1. The number of benzene rings is 1. The summed E-state index contributed by atoms with van der Waals surface area (Å²) >= 11 is 0. The molecule has 4 nitrogen and oxygen atoms in total. The van der Waals surface area contributed by atoms with Gasteiger partial charge in [-0.05, 0) is 64.8 Å². The molecule has 1 atom stereocenters. The Morgan fingerprint density at radius 1 is 1.48 bits per heavy atom. The zero-order valence-electron chi connectivity index (χ0n) is 13.2. The largest absolute Gasteiger partial charge is 0.508 e. The van der Waals surface area contributed by atoms with Crippen LogP contribution in [0.5, 0.6) is 5.75 Å². The Hall–Kier alpha value is -1.55. The van der Waals surface area contributed by atoms with E-state index in [-0.39, 0.29) is 17.7 Å². The van der Waals surface area contributed by atoms with Crippen molar-refractivity contribution in [1.29, 1.82) is 0 Å². The number of rotatable bonds is 4. The molecule has 1 saturated heterocycles. The normalized spacial score (nSPS) is 18.8. The zero-order chi connectivity index (χ0) is 15.4. The SMILES string of the molecule is Cc1c(O)cccc1C(=O)N(CC1CCCNC1)C(C)C. The monoisotopic (exact) mass is 290 g/mol. The lowest BCUT2D eigenvalue weighted by atomic mass is 9.97. The van der Waals surface area contributed by atoms with Crippen molar-refractivity contribution in [3.63, 3.8) is 0 Å². The highest BCUT2D eigenvalue weighted by molar-refractivity contribution is 5.96. The summed E-state index contributed by atoms with van der Waals surface area (Å²) in [6.45, 7) is 8.73. The molecule has 2 N–H and O–H groups in total. The van der Waals surface area contributed by atoms with E-state index >= 15 is 0 Å². The van der Waals surface area contributed by atoms with E-state index in [1.165, 1.54) is 12.8 Å². The van der Waals surface area contributed by atoms with Crippen LogP contribution in [0.3, 0.4) is 0 Å². The summed E-state index contributed by atoms with van der Waals surface area (Å²) in [7, 11) is 0. The Morgan fingerprint density at radius 3 is 2.86 bits per heavy atom. The minimum Gasteiger partial charge on any atom is -0.508 e. The molecular weight excluding hydrogens is 264 g/mol. The zero-order valence-corrected chi connectivity index (χ0v) is 13.2. The maximum Gasteiger partial charge on any atom is 0.254 e. The van der Waals surface area contributed by atoms with Crippen molar-refractivity contribution in [3.05, 3.63) is 29.3 Å². The van der Waals surface area contributed by atoms with Gasteiger partial charge in [-0.1, -0.05) is 6.07 Å². The molecule has 1 aliphatic rings. The molecule has 1 aromatic carbocycles. The van der Waals surface area contributed by atoms with Crippen LogP contribution in [0.2, 0.25) is 0 Å². The van der Waals surface area contributed by atoms with E-state index in [1.807, 2.05) is 18.7 Å².